The molecule has 1 heterocycles. The van der Waals surface area contributed by atoms with Crippen molar-refractivity contribution in [3.8, 4) is 5.75 Å². The third kappa shape index (κ3) is 4.00. The van der Waals surface area contributed by atoms with Crippen molar-refractivity contribution in [3.63, 3.8) is 0 Å². The number of aliphatic hydroxyl groups excluding tert-OH is 1. The third-order valence-electron chi connectivity index (χ3n) is 4.34. The average molecular weight is 328 g/mol. The molecule has 0 saturated carbocycles. The van der Waals surface area contributed by atoms with E-state index in [1.807, 2.05) is 19.9 Å². The summed E-state index contributed by atoms with van der Waals surface area (Å²) >= 11 is 0. The van der Waals surface area contributed by atoms with Gasteiger partial charge in [0.15, 0.2) is 0 Å². The molecule has 4 nitrogen and oxygen atoms in total. The number of nitrogens with one attached hydrogen (secondary N) is 1. The topological polar surface area (TPSA) is 44.7 Å². The van der Waals surface area contributed by atoms with Gasteiger partial charge in [-0.3, -0.25) is 4.90 Å². The van der Waals surface area contributed by atoms with Gasteiger partial charge in [0.2, 0.25) is 0 Å². The minimum absolute atomic E-state index is 0.228. The molecule has 23 heavy (non-hydrogen) atoms. The standard InChI is InChI=1S/C17H26F2N2O2/c1-12(2)13-4-5-15(23-3)14(10-13)16(17(18,19)11-22)21-8-6-20-7-9-21/h4-5,10,12,16,20,22H,6-9,11H2,1-3H3/t16-/m1/s1. The van der Waals surface area contributed by atoms with E-state index in [4.69, 9.17) is 4.74 Å². The van der Waals surface area contributed by atoms with E-state index in [-0.39, 0.29) is 5.92 Å². The average Bonchev–Trinajstić information content (AvgIpc) is 2.55. The number of aliphatic hydroxyl groups is 1. The predicted molar refractivity (Wildman–Crippen MR) is 86.3 cm³/mol. The molecule has 0 unspecified atom stereocenters. The summed E-state index contributed by atoms with van der Waals surface area (Å²) in [7, 11) is 1.49. The highest BCUT2D eigenvalue weighted by Crippen LogP contribution is 2.41. The second-order valence-corrected chi connectivity index (χ2v) is 6.26. The molecular weight excluding hydrogens is 302 g/mol. The van der Waals surface area contributed by atoms with E-state index in [1.165, 1.54) is 7.11 Å². The van der Waals surface area contributed by atoms with Crippen LogP contribution in [0.3, 0.4) is 0 Å². The van der Waals surface area contributed by atoms with Gasteiger partial charge in [-0.15, -0.1) is 0 Å². The van der Waals surface area contributed by atoms with Crippen LogP contribution in [0.1, 0.15) is 36.9 Å². The van der Waals surface area contributed by atoms with Crippen LogP contribution in [0.25, 0.3) is 0 Å². The number of methoxy groups -OCH3 is 1. The Balaban J connectivity index is 2.50. The Morgan fingerprint density at radius 1 is 1.30 bits per heavy atom. The second-order valence-electron chi connectivity index (χ2n) is 6.26. The highest BCUT2D eigenvalue weighted by molar-refractivity contribution is 5.41. The van der Waals surface area contributed by atoms with Crippen LogP contribution in [0, 0.1) is 0 Å². The summed E-state index contributed by atoms with van der Waals surface area (Å²) in [5.74, 6) is -2.57. The maximum absolute atomic E-state index is 14.6. The van der Waals surface area contributed by atoms with Gasteiger partial charge in [-0.05, 0) is 17.5 Å². The molecule has 0 spiro atoms. The minimum Gasteiger partial charge on any atom is -0.496 e. The fraction of sp³-hybridized carbons (Fsp3) is 0.647. The molecule has 1 aromatic carbocycles. The molecule has 1 aromatic rings. The monoisotopic (exact) mass is 328 g/mol. The number of benzene rings is 1. The Hall–Kier alpha value is -1.24. The van der Waals surface area contributed by atoms with Crippen LogP contribution in [-0.4, -0.2) is 55.8 Å². The van der Waals surface area contributed by atoms with Gasteiger partial charge < -0.3 is 15.2 Å². The van der Waals surface area contributed by atoms with Crippen LogP contribution in [-0.2, 0) is 0 Å². The van der Waals surface area contributed by atoms with Gasteiger partial charge in [-0.2, -0.15) is 0 Å². The van der Waals surface area contributed by atoms with E-state index in [1.54, 1.807) is 17.0 Å². The minimum atomic E-state index is -3.24. The van der Waals surface area contributed by atoms with Gasteiger partial charge in [0.05, 0.1) is 7.11 Å². The lowest BCUT2D eigenvalue weighted by Crippen LogP contribution is -2.51. The number of nitrogens with zero attached hydrogens (tertiary/aromatic N) is 1. The number of hydrogen-bond acceptors (Lipinski definition) is 4. The zero-order valence-electron chi connectivity index (χ0n) is 14.0. The van der Waals surface area contributed by atoms with Crippen molar-refractivity contribution in [3.05, 3.63) is 29.3 Å². The van der Waals surface area contributed by atoms with E-state index < -0.39 is 18.6 Å². The molecule has 6 heteroatoms. The van der Waals surface area contributed by atoms with Crippen LogP contribution in [0.4, 0.5) is 8.78 Å². The van der Waals surface area contributed by atoms with Gasteiger partial charge in [-0.1, -0.05) is 26.0 Å². The fourth-order valence-corrected chi connectivity index (χ4v) is 3.04. The van der Waals surface area contributed by atoms with Crippen molar-refractivity contribution in [1.82, 2.24) is 10.2 Å². The Kier molecular flexibility index (Phi) is 5.95. The molecular formula is C17H26F2N2O2. The largest absolute Gasteiger partial charge is 0.496 e. The van der Waals surface area contributed by atoms with Crippen molar-refractivity contribution < 1.29 is 18.6 Å². The van der Waals surface area contributed by atoms with E-state index in [0.717, 1.165) is 5.56 Å². The first-order valence-corrected chi connectivity index (χ1v) is 8.02. The van der Waals surface area contributed by atoms with Gasteiger partial charge in [0.1, 0.15) is 18.4 Å². The zero-order valence-corrected chi connectivity index (χ0v) is 14.0. The lowest BCUT2D eigenvalue weighted by atomic mass is 9.92. The summed E-state index contributed by atoms with van der Waals surface area (Å²) < 4.78 is 34.5. The van der Waals surface area contributed by atoms with Crippen LogP contribution in [0.5, 0.6) is 5.75 Å². The summed E-state index contributed by atoms with van der Waals surface area (Å²) in [4.78, 5) is 1.73. The van der Waals surface area contributed by atoms with Crippen LogP contribution in [0.15, 0.2) is 18.2 Å². The summed E-state index contributed by atoms with van der Waals surface area (Å²) in [5, 5.41) is 12.4. The lowest BCUT2D eigenvalue weighted by molar-refractivity contribution is -0.119. The van der Waals surface area contributed by atoms with Crippen molar-refractivity contribution in [2.75, 3.05) is 39.9 Å². The first kappa shape index (κ1) is 18.1. The Bertz CT molecular complexity index is 517. The molecule has 2 N–H and O–H groups in total. The third-order valence-corrected chi connectivity index (χ3v) is 4.34. The number of alkyl halides is 2. The van der Waals surface area contributed by atoms with Gasteiger partial charge in [0, 0.05) is 31.7 Å². The molecule has 1 atom stereocenters. The number of halogens is 2. The highest BCUT2D eigenvalue weighted by atomic mass is 19.3. The second kappa shape index (κ2) is 7.55. The zero-order chi connectivity index (χ0) is 17.0. The van der Waals surface area contributed by atoms with Crippen LogP contribution < -0.4 is 10.1 Å². The molecule has 1 aliphatic heterocycles. The molecule has 2 rings (SSSR count). The lowest BCUT2D eigenvalue weighted by Gasteiger charge is -2.39. The van der Waals surface area contributed by atoms with Crippen LogP contribution >= 0.6 is 0 Å². The van der Waals surface area contributed by atoms with Gasteiger partial charge in [0.25, 0.3) is 5.92 Å². The molecule has 0 radical (unpaired) electrons. The summed E-state index contributed by atoms with van der Waals surface area (Å²) in [6, 6.07) is 4.25. The maximum atomic E-state index is 14.6. The van der Waals surface area contributed by atoms with E-state index in [0.29, 0.717) is 37.5 Å². The summed E-state index contributed by atoms with van der Waals surface area (Å²) in [6.45, 7) is 5.20. The van der Waals surface area contributed by atoms with Crippen molar-refractivity contribution in [2.45, 2.75) is 31.7 Å². The Labute approximate surface area is 136 Å². The molecule has 0 amide bonds. The van der Waals surface area contributed by atoms with Gasteiger partial charge >= 0.3 is 0 Å². The van der Waals surface area contributed by atoms with E-state index in [9.17, 15) is 13.9 Å². The molecule has 0 aromatic heterocycles. The molecule has 0 aliphatic carbocycles. The Morgan fingerprint density at radius 2 is 1.96 bits per heavy atom. The van der Waals surface area contributed by atoms with Crippen molar-refractivity contribution in [2.24, 2.45) is 0 Å². The molecule has 130 valence electrons. The SMILES string of the molecule is COc1ccc(C(C)C)cc1[C@@H](N1CCNCC1)C(F)(F)CO. The first-order valence-electron chi connectivity index (χ1n) is 8.02. The first-order chi connectivity index (χ1) is 10.9. The Morgan fingerprint density at radius 3 is 2.48 bits per heavy atom. The van der Waals surface area contributed by atoms with E-state index >= 15 is 0 Å². The smallest absolute Gasteiger partial charge is 0.290 e. The molecule has 1 saturated heterocycles. The molecule has 1 fully saturated rings. The number of piperazine rings is 1. The number of ether oxygens (including phenoxy) is 1. The predicted octanol–water partition coefficient (Wildman–Crippen LogP) is 2.39. The normalized spacial score (nSPS) is 18.2. The fourth-order valence-electron chi connectivity index (χ4n) is 3.04. The highest BCUT2D eigenvalue weighted by Gasteiger charge is 2.45. The molecule has 0 bridgehead atoms. The van der Waals surface area contributed by atoms with Crippen LogP contribution in [0.2, 0.25) is 0 Å². The summed E-state index contributed by atoms with van der Waals surface area (Å²) in [6.07, 6.45) is 0. The maximum Gasteiger partial charge on any atom is 0.290 e. The summed E-state index contributed by atoms with van der Waals surface area (Å²) in [5.41, 5.74) is 1.43. The molecule has 1 aliphatic rings. The number of rotatable bonds is 6. The van der Waals surface area contributed by atoms with Crippen molar-refractivity contribution >= 4 is 0 Å². The quantitative estimate of drug-likeness (QED) is 0.842. The van der Waals surface area contributed by atoms with Gasteiger partial charge in [-0.25, -0.2) is 8.78 Å². The number of hydrogen-bond donors (Lipinski definition) is 2. The van der Waals surface area contributed by atoms with Crippen molar-refractivity contribution in [1.29, 1.82) is 0 Å². The van der Waals surface area contributed by atoms with E-state index in [2.05, 4.69) is 5.32 Å².